The summed E-state index contributed by atoms with van der Waals surface area (Å²) in [5, 5.41) is 11.4. The van der Waals surface area contributed by atoms with Crippen molar-refractivity contribution in [2.24, 2.45) is 0 Å². The summed E-state index contributed by atoms with van der Waals surface area (Å²) in [4.78, 5) is 0. The number of nitrogens with one attached hydrogen (secondary N) is 1. The summed E-state index contributed by atoms with van der Waals surface area (Å²) in [7, 11) is 0. The Morgan fingerprint density at radius 2 is 1.82 bits per heavy atom. The van der Waals surface area contributed by atoms with Crippen molar-refractivity contribution in [2.45, 2.75) is 0 Å². The maximum Gasteiger partial charge on any atom is 0.148 e. The van der Waals surface area contributed by atoms with Crippen LogP contribution in [0, 0.1) is 0 Å². The Morgan fingerprint density at radius 1 is 1.06 bits per heavy atom. The van der Waals surface area contributed by atoms with E-state index in [2.05, 4.69) is 44.1 Å². The molecule has 5 heteroatoms. The van der Waals surface area contributed by atoms with Crippen molar-refractivity contribution in [3.05, 3.63) is 40.9 Å². The van der Waals surface area contributed by atoms with Gasteiger partial charge >= 0.3 is 0 Å². The van der Waals surface area contributed by atoms with Gasteiger partial charge in [-0.3, -0.25) is 0 Å². The first-order valence-electron chi connectivity index (χ1n) is 5.24. The van der Waals surface area contributed by atoms with Gasteiger partial charge in [-0.05, 0) is 24.3 Å². The number of hydrogen-bond donors (Lipinski definition) is 2. The molecule has 0 amide bonds. The van der Waals surface area contributed by atoms with Crippen LogP contribution in [-0.2, 0) is 0 Å². The highest BCUT2D eigenvalue weighted by Gasteiger charge is 2.00. The normalized spacial score (nSPS) is 10.2. The van der Waals surface area contributed by atoms with E-state index < -0.39 is 0 Å². The predicted molar refractivity (Wildman–Crippen MR) is 77.5 cm³/mol. The van der Waals surface area contributed by atoms with E-state index in [9.17, 15) is 0 Å². The molecule has 2 rings (SSSR count). The van der Waals surface area contributed by atoms with Gasteiger partial charge in [0.25, 0.3) is 0 Å². The molecule has 0 atom stereocenters. The van der Waals surface area contributed by atoms with Crippen LogP contribution >= 0.6 is 28.6 Å². The Labute approximate surface area is 114 Å². The second kappa shape index (κ2) is 6.02. The number of hydrogen-bond acceptors (Lipinski definition) is 4. The lowest BCUT2D eigenvalue weighted by Gasteiger charge is -2.04. The molecule has 0 aliphatic rings. The van der Waals surface area contributed by atoms with E-state index in [0.29, 0.717) is 0 Å². The summed E-state index contributed by atoms with van der Waals surface area (Å²) >= 11 is 7.53. The molecule has 1 N–H and O–H groups in total. The van der Waals surface area contributed by atoms with Crippen LogP contribution in [0.3, 0.4) is 0 Å². The molecule has 0 aliphatic heterocycles. The quantitative estimate of drug-likeness (QED) is 0.851. The van der Waals surface area contributed by atoms with Gasteiger partial charge in [0.05, 0.1) is 5.69 Å². The predicted octanol–water partition coefficient (Wildman–Crippen LogP) is 3.25. The van der Waals surface area contributed by atoms with Crippen LogP contribution in [0.15, 0.2) is 40.9 Å². The average molecular weight is 310 g/mol. The zero-order valence-electron chi connectivity index (χ0n) is 9.10. The summed E-state index contributed by atoms with van der Waals surface area (Å²) in [6.07, 6.45) is 0. The molecule has 0 unspecified atom stereocenters. The van der Waals surface area contributed by atoms with Crippen molar-refractivity contribution < 1.29 is 0 Å². The molecule has 0 saturated carbocycles. The van der Waals surface area contributed by atoms with E-state index in [1.54, 1.807) is 0 Å². The van der Waals surface area contributed by atoms with Crippen molar-refractivity contribution in [1.29, 1.82) is 0 Å². The standard InChI is InChI=1S/C12H12BrN3S/c13-10-3-1-9(2-4-10)11-5-6-12(16-15-11)14-7-8-17/h1-6,17H,7-8H2,(H,14,16). The third-order valence-electron chi connectivity index (χ3n) is 2.22. The number of aromatic nitrogens is 2. The zero-order valence-corrected chi connectivity index (χ0v) is 11.6. The smallest absolute Gasteiger partial charge is 0.148 e. The second-order valence-electron chi connectivity index (χ2n) is 3.46. The Balaban J connectivity index is 2.14. The van der Waals surface area contributed by atoms with Gasteiger partial charge in [0.2, 0.25) is 0 Å². The molecule has 0 aliphatic carbocycles. The topological polar surface area (TPSA) is 37.8 Å². The summed E-state index contributed by atoms with van der Waals surface area (Å²) in [6.45, 7) is 0.787. The fourth-order valence-corrected chi connectivity index (χ4v) is 1.76. The molecule has 0 fully saturated rings. The van der Waals surface area contributed by atoms with Gasteiger partial charge in [0.1, 0.15) is 5.82 Å². The number of rotatable bonds is 4. The van der Waals surface area contributed by atoms with E-state index in [4.69, 9.17) is 0 Å². The van der Waals surface area contributed by atoms with E-state index in [1.807, 2.05) is 36.4 Å². The van der Waals surface area contributed by atoms with Crippen LogP contribution in [0.25, 0.3) is 11.3 Å². The molecule has 17 heavy (non-hydrogen) atoms. The van der Waals surface area contributed by atoms with E-state index >= 15 is 0 Å². The molecular weight excluding hydrogens is 298 g/mol. The second-order valence-corrected chi connectivity index (χ2v) is 4.82. The number of anilines is 1. The summed E-state index contributed by atoms with van der Waals surface area (Å²) in [5.41, 5.74) is 1.93. The largest absolute Gasteiger partial charge is 0.368 e. The van der Waals surface area contributed by atoms with Gasteiger partial charge in [0, 0.05) is 22.3 Å². The minimum Gasteiger partial charge on any atom is -0.368 e. The third kappa shape index (κ3) is 3.44. The Kier molecular flexibility index (Phi) is 4.39. The fraction of sp³-hybridized carbons (Fsp3) is 0.167. The van der Waals surface area contributed by atoms with Crippen molar-refractivity contribution in [3.8, 4) is 11.3 Å². The van der Waals surface area contributed by atoms with Gasteiger partial charge < -0.3 is 5.32 Å². The maximum atomic E-state index is 4.18. The highest BCUT2D eigenvalue weighted by Crippen LogP contribution is 2.19. The van der Waals surface area contributed by atoms with Gasteiger partial charge in [-0.25, -0.2) is 0 Å². The fourth-order valence-electron chi connectivity index (χ4n) is 1.39. The minimum atomic E-state index is 0.774. The molecule has 0 radical (unpaired) electrons. The zero-order chi connectivity index (χ0) is 12.1. The average Bonchev–Trinajstić information content (AvgIpc) is 2.38. The lowest BCUT2D eigenvalue weighted by atomic mass is 10.1. The van der Waals surface area contributed by atoms with E-state index in [-0.39, 0.29) is 0 Å². The Bertz CT molecular complexity index is 470. The van der Waals surface area contributed by atoms with Crippen LogP contribution in [0.4, 0.5) is 5.82 Å². The van der Waals surface area contributed by atoms with Crippen LogP contribution in [0.2, 0.25) is 0 Å². The highest BCUT2D eigenvalue weighted by molar-refractivity contribution is 9.10. The molecule has 2 aromatic rings. The number of thiol groups is 1. The molecule has 1 aromatic carbocycles. The highest BCUT2D eigenvalue weighted by atomic mass is 79.9. The molecular formula is C12H12BrN3S. The minimum absolute atomic E-state index is 0.774. The molecule has 0 saturated heterocycles. The van der Waals surface area contributed by atoms with Gasteiger partial charge in [-0.1, -0.05) is 28.1 Å². The van der Waals surface area contributed by atoms with Crippen molar-refractivity contribution in [1.82, 2.24) is 10.2 Å². The summed E-state index contributed by atoms with van der Waals surface area (Å²) in [6, 6.07) is 11.9. The third-order valence-corrected chi connectivity index (χ3v) is 2.97. The van der Waals surface area contributed by atoms with Crippen molar-refractivity contribution in [2.75, 3.05) is 17.6 Å². The van der Waals surface area contributed by atoms with Crippen LogP contribution in [0.1, 0.15) is 0 Å². The monoisotopic (exact) mass is 309 g/mol. The molecule has 1 heterocycles. The first-order valence-corrected chi connectivity index (χ1v) is 6.66. The van der Waals surface area contributed by atoms with Crippen molar-refractivity contribution >= 4 is 34.4 Å². The molecule has 3 nitrogen and oxygen atoms in total. The summed E-state index contributed by atoms with van der Waals surface area (Å²) in [5.74, 6) is 1.55. The number of nitrogens with zero attached hydrogens (tertiary/aromatic N) is 2. The Hall–Kier alpha value is -1.07. The number of halogens is 1. The molecule has 88 valence electrons. The maximum absolute atomic E-state index is 4.18. The van der Waals surface area contributed by atoms with Gasteiger partial charge in [0.15, 0.2) is 0 Å². The lowest BCUT2D eigenvalue weighted by Crippen LogP contribution is -2.05. The van der Waals surface area contributed by atoms with Crippen LogP contribution in [0.5, 0.6) is 0 Å². The Morgan fingerprint density at radius 3 is 2.41 bits per heavy atom. The lowest BCUT2D eigenvalue weighted by molar-refractivity contribution is 1.02. The number of benzene rings is 1. The van der Waals surface area contributed by atoms with Gasteiger partial charge in [-0.15, -0.1) is 10.2 Å². The SMILES string of the molecule is SCCNc1ccc(-c2ccc(Br)cc2)nn1. The van der Waals surface area contributed by atoms with E-state index in [1.165, 1.54) is 0 Å². The van der Waals surface area contributed by atoms with E-state index in [0.717, 1.165) is 33.8 Å². The van der Waals surface area contributed by atoms with Crippen LogP contribution in [-0.4, -0.2) is 22.5 Å². The molecule has 0 bridgehead atoms. The van der Waals surface area contributed by atoms with Crippen molar-refractivity contribution in [3.63, 3.8) is 0 Å². The van der Waals surface area contributed by atoms with Gasteiger partial charge in [-0.2, -0.15) is 12.6 Å². The molecule has 1 aromatic heterocycles. The first kappa shape index (κ1) is 12.4. The van der Waals surface area contributed by atoms with Crippen LogP contribution < -0.4 is 5.32 Å². The molecule has 0 spiro atoms. The summed E-state index contributed by atoms with van der Waals surface area (Å²) < 4.78 is 1.06. The first-order chi connectivity index (χ1) is 8.29.